The number of amides is 1. The average molecular weight is 276 g/mol. The van der Waals surface area contributed by atoms with Gasteiger partial charge in [0.1, 0.15) is 0 Å². The van der Waals surface area contributed by atoms with Gasteiger partial charge in [-0.3, -0.25) is 10.2 Å². The third-order valence-corrected chi connectivity index (χ3v) is 4.18. The highest BCUT2D eigenvalue weighted by molar-refractivity contribution is 5.82. The molecule has 4 heteroatoms. The van der Waals surface area contributed by atoms with E-state index in [9.17, 15) is 4.79 Å². The van der Waals surface area contributed by atoms with Gasteiger partial charge in [0.2, 0.25) is 5.91 Å². The zero-order chi connectivity index (χ0) is 14.4. The Morgan fingerprint density at radius 2 is 2.10 bits per heavy atom. The lowest BCUT2D eigenvalue weighted by molar-refractivity contribution is -0.122. The molecule has 110 valence electrons. The number of carbonyl (C=O) groups is 1. The average Bonchev–Trinajstić information content (AvgIpc) is 2.44. The quantitative estimate of drug-likeness (QED) is 0.348. The fourth-order valence-electron chi connectivity index (χ4n) is 2.40. The van der Waals surface area contributed by atoms with E-state index in [-0.39, 0.29) is 11.8 Å². The van der Waals surface area contributed by atoms with Gasteiger partial charge >= 0.3 is 0 Å². The Bertz CT molecular complexity index is 427. The Hall–Kier alpha value is -1.39. The number of hydrazine groups is 1. The van der Waals surface area contributed by atoms with Gasteiger partial charge in [0.15, 0.2) is 0 Å². The lowest BCUT2D eigenvalue weighted by atomic mass is 9.83. The molecule has 1 aliphatic rings. The Balaban J connectivity index is 1.74. The predicted molar refractivity (Wildman–Crippen MR) is 78.8 cm³/mol. The molecule has 3 N–H and O–H groups in total. The lowest BCUT2D eigenvalue weighted by Crippen LogP contribution is -2.33. The molecule has 1 aromatic rings. The first-order valence-electron chi connectivity index (χ1n) is 7.37. The maximum Gasteiger partial charge on any atom is 0.241 e. The van der Waals surface area contributed by atoms with E-state index in [0.717, 1.165) is 23.7 Å². The van der Waals surface area contributed by atoms with Gasteiger partial charge in [0.25, 0.3) is 0 Å². The first-order chi connectivity index (χ1) is 9.70. The Labute approximate surface area is 120 Å². The zero-order valence-electron chi connectivity index (χ0n) is 12.1. The predicted octanol–water partition coefficient (Wildman–Crippen LogP) is 2.49. The number of carbonyl (C=O) groups excluding carboxylic acids is 1. The first kappa shape index (κ1) is 15.0. The van der Waals surface area contributed by atoms with Crippen molar-refractivity contribution in [2.24, 2.45) is 11.8 Å². The molecule has 1 unspecified atom stereocenters. The van der Waals surface area contributed by atoms with Crippen LogP contribution in [-0.2, 0) is 16.1 Å². The van der Waals surface area contributed by atoms with E-state index in [0.29, 0.717) is 6.61 Å². The van der Waals surface area contributed by atoms with Gasteiger partial charge in [-0.2, -0.15) is 0 Å². The second-order valence-corrected chi connectivity index (χ2v) is 5.61. The molecule has 1 aromatic carbocycles. The van der Waals surface area contributed by atoms with Crippen LogP contribution in [0.4, 0.5) is 0 Å². The first-order valence-corrected chi connectivity index (χ1v) is 7.37. The SMILES string of the molecule is CC(C(=O)NN)c1ccc(COCCC2CCC2)cc1. The fourth-order valence-corrected chi connectivity index (χ4v) is 2.40. The van der Waals surface area contributed by atoms with E-state index in [1.54, 1.807) is 0 Å². The van der Waals surface area contributed by atoms with E-state index in [1.165, 1.54) is 25.7 Å². The number of rotatable bonds is 7. The molecule has 0 bridgehead atoms. The highest BCUT2D eigenvalue weighted by atomic mass is 16.5. The van der Waals surface area contributed by atoms with E-state index < -0.39 is 0 Å². The molecule has 1 saturated carbocycles. The number of nitrogens with one attached hydrogen (secondary N) is 1. The lowest BCUT2D eigenvalue weighted by Gasteiger charge is -2.24. The van der Waals surface area contributed by atoms with Crippen molar-refractivity contribution in [3.8, 4) is 0 Å². The van der Waals surface area contributed by atoms with Crippen molar-refractivity contribution in [1.29, 1.82) is 0 Å². The monoisotopic (exact) mass is 276 g/mol. The highest BCUT2D eigenvalue weighted by Gasteiger charge is 2.16. The molecular formula is C16H24N2O2. The van der Waals surface area contributed by atoms with Gasteiger partial charge in [-0.15, -0.1) is 0 Å². The summed E-state index contributed by atoms with van der Waals surface area (Å²) in [5.41, 5.74) is 4.28. The van der Waals surface area contributed by atoms with E-state index in [1.807, 2.05) is 31.2 Å². The van der Waals surface area contributed by atoms with Crippen LogP contribution >= 0.6 is 0 Å². The summed E-state index contributed by atoms with van der Waals surface area (Å²) in [6, 6.07) is 7.95. The molecule has 0 heterocycles. The summed E-state index contributed by atoms with van der Waals surface area (Å²) < 4.78 is 5.70. The molecule has 0 saturated heterocycles. The number of hydrogen-bond acceptors (Lipinski definition) is 3. The minimum atomic E-state index is -0.228. The number of hydrogen-bond donors (Lipinski definition) is 2. The van der Waals surface area contributed by atoms with E-state index in [4.69, 9.17) is 10.6 Å². The van der Waals surface area contributed by atoms with Crippen LogP contribution in [0.25, 0.3) is 0 Å². The molecule has 0 radical (unpaired) electrons. The van der Waals surface area contributed by atoms with Gasteiger partial charge in [-0.25, -0.2) is 5.84 Å². The van der Waals surface area contributed by atoms with E-state index in [2.05, 4.69) is 5.43 Å². The number of nitrogens with two attached hydrogens (primary N) is 1. The Kier molecular flexibility index (Phi) is 5.56. The van der Waals surface area contributed by atoms with Gasteiger partial charge in [-0.05, 0) is 30.4 Å². The van der Waals surface area contributed by atoms with E-state index >= 15 is 0 Å². The molecule has 0 aliphatic heterocycles. The van der Waals surface area contributed by atoms with Crippen molar-refractivity contribution < 1.29 is 9.53 Å². The minimum absolute atomic E-state index is 0.172. The van der Waals surface area contributed by atoms with Crippen molar-refractivity contribution in [1.82, 2.24) is 5.43 Å². The van der Waals surface area contributed by atoms with Crippen LogP contribution in [0.15, 0.2) is 24.3 Å². The third-order valence-electron chi connectivity index (χ3n) is 4.18. The van der Waals surface area contributed by atoms with Crippen molar-refractivity contribution in [2.45, 2.75) is 45.1 Å². The van der Waals surface area contributed by atoms with Gasteiger partial charge < -0.3 is 4.74 Å². The molecule has 0 spiro atoms. The van der Waals surface area contributed by atoms with Crippen molar-refractivity contribution >= 4 is 5.91 Å². The van der Waals surface area contributed by atoms with Crippen LogP contribution in [0.2, 0.25) is 0 Å². The third kappa shape index (κ3) is 4.05. The summed E-state index contributed by atoms with van der Waals surface area (Å²) in [4.78, 5) is 11.4. The number of ether oxygens (including phenoxy) is 1. The normalized spacial score (nSPS) is 16.5. The highest BCUT2D eigenvalue weighted by Crippen LogP contribution is 2.29. The standard InChI is InChI=1S/C16H24N2O2/c1-12(16(19)18-17)15-7-5-14(6-8-15)11-20-10-9-13-3-2-4-13/h5-8,12-13H,2-4,9-11,17H2,1H3,(H,18,19). The molecule has 1 atom stereocenters. The summed E-state index contributed by atoms with van der Waals surface area (Å²) in [6.07, 6.45) is 5.32. The fraction of sp³-hybridized carbons (Fsp3) is 0.562. The van der Waals surface area contributed by atoms with Crippen molar-refractivity contribution in [3.63, 3.8) is 0 Å². The van der Waals surface area contributed by atoms with Crippen LogP contribution in [0.5, 0.6) is 0 Å². The van der Waals surface area contributed by atoms with Crippen molar-refractivity contribution in [3.05, 3.63) is 35.4 Å². The molecule has 4 nitrogen and oxygen atoms in total. The minimum Gasteiger partial charge on any atom is -0.377 e. The largest absolute Gasteiger partial charge is 0.377 e. The Morgan fingerprint density at radius 1 is 1.40 bits per heavy atom. The molecule has 1 aliphatic carbocycles. The van der Waals surface area contributed by atoms with Gasteiger partial charge in [-0.1, -0.05) is 43.5 Å². The van der Waals surface area contributed by atoms with Crippen LogP contribution in [-0.4, -0.2) is 12.5 Å². The maximum atomic E-state index is 11.4. The van der Waals surface area contributed by atoms with Gasteiger partial charge in [0.05, 0.1) is 12.5 Å². The summed E-state index contributed by atoms with van der Waals surface area (Å²) >= 11 is 0. The maximum absolute atomic E-state index is 11.4. The molecule has 1 amide bonds. The second kappa shape index (κ2) is 7.41. The Morgan fingerprint density at radius 3 is 2.65 bits per heavy atom. The van der Waals surface area contributed by atoms with Crippen LogP contribution < -0.4 is 11.3 Å². The van der Waals surface area contributed by atoms with Crippen LogP contribution in [0.3, 0.4) is 0 Å². The summed E-state index contributed by atoms with van der Waals surface area (Å²) in [5, 5.41) is 0. The van der Waals surface area contributed by atoms with Gasteiger partial charge in [0, 0.05) is 6.61 Å². The van der Waals surface area contributed by atoms with Crippen molar-refractivity contribution in [2.75, 3.05) is 6.61 Å². The molecule has 0 aromatic heterocycles. The number of benzene rings is 1. The molecule has 1 fully saturated rings. The molecule has 20 heavy (non-hydrogen) atoms. The second-order valence-electron chi connectivity index (χ2n) is 5.61. The molecular weight excluding hydrogens is 252 g/mol. The summed E-state index contributed by atoms with van der Waals surface area (Å²) in [5.74, 6) is 5.64. The summed E-state index contributed by atoms with van der Waals surface area (Å²) in [6.45, 7) is 3.33. The zero-order valence-corrected chi connectivity index (χ0v) is 12.1. The topological polar surface area (TPSA) is 64.4 Å². The molecule has 2 rings (SSSR count). The summed E-state index contributed by atoms with van der Waals surface area (Å²) in [7, 11) is 0. The smallest absolute Gasteiger partial charge is 0.241 e. The van der Waals surface area contributed by atoms with Crippen LogP contribution in [0, 0.1) is 5.92 Å². The van der Waals surface area contributed by atoms with Crippen LogP contribution in [0.1, 0.15) is 49.7 Å².